The molecule has 0 aromatic carbocycles. The van der Waals surface area contributed by atoms with Crippen molar-refractivity contribution in [3.8, 4) is 5.88 Å². The summed E-state index contributed by atoms with van der Waals surface area (Å²) in [5.74, 6) is 0.739. The highest BCUT2D eigenvalue weighted by Gasteiger charge is 2.22. The fraction of sp³-hybridized carbons (Fsp3) is 0.667. The Labute approximate surface area is 125 Å². The van der Waals surface area contributed by atoms with Gasteiger partial charge in [0.1, 0.15) is 12.0 Å². The molecule has 4 N–H and O–H groups in total. The average molecular weight is 317 g/mol. The van der Waals surface area contributed by atoms with Crippen LogP contribution in [-0.4, -0.2) is 43.3 Å². The molecule has 120 valence electrons. The molecule has 9 heteroatoms. The van der Waals surface area contributed by atoms with Gasteiger partial charge in [-0.2, -0.15) is 4.98 Å². The van der Waals surface area contributed by atoms with Crippen LogP contribution in [0.2, 0.25) is 0 Å². The molecule has 1 rings (SSSR count). The number of sulfonamides is 1. The molecule has 0 aliphatic rings. The quantitative estimate of drug-likeness (QED) is 0.642. The van der Waals surface area contributed by atoms with Gasteiger partial charge in [-0.05, 0) is 20.3 Å². The third-order valence-corrected chi connectivity index (χ3v) is 3.37. The van der Waals surface area contributed by atoms with Crippen LogP contribution >= 0.6 is 0 Å². The van der Waals surface area contributed by atoms with Gasteiger partial charge in [-0.15, -0.1) is 0 Å². The fourth-order valence-electron chi connectivity index (χ4n) is 1.68. The van der Waals surface area contributed by atoms with Gasteiger partial charge in [0, 0.05) is 12.1 Å². The number of nitrogens with one attached hydrogen (secondary N) is 2. The lowest BCUT2D eigenvalue weighted by Gasteiger charge is -2.25. The topological polar surface area (TPSA) is 119 Å². The maximum atomic E-state index is 11.3. The molecule has 8 nitrogen and oxygen atoms in total. The normalized spacial score (nSPS) is 12.2. The van der Waals surface area contributed by atoms with E-state index in [1.807, 2.05) is 6.92 Å². The Hall–Kier alpha value is -1.61. The van der Waals surface area contributed by atoms with E-state index in [0.29, 0.717) is 30.5 Å². The highest BCUT2D eigenvalue weighted by atomic mass is 32.2. The molecule has 0 unspecified atom stereocenters. The minimum atomic E-state index is -3.30. The molecule has 1 aromatic rings. The molecule has 0 aliphatic carbocycles. The second-order valence-corrected chi connectivity index (χ2v) is 7.15. The van der Waals surface area contributed by atoms with Gasteiger partial charge in [-0.25, -0.2) is 18.1 Å². The first-order valence-electron chi connectivity index (χ1n) is 6.61. The van der Waals surface area contributed by atoms with Crippen molar-refractivity contribution in [3.63, 3.8) is 0 Å². The highest BCUT2D eigenvalue weighted by Crippen LogP contribution is 2.25. The number of nitrogen functional groups attached to an aromatic ring is 1. The van der Waals surface area contributed by atoms with E-state index in [4.69, 9.17) is 10.5 Å². The minimum absolute atomic E-state index is 0.307. The summed E-state index contributed by atoms with van der Waals surface area (Å²) >= 11 is 0. The predicted octanol–water partition coefficient (Wildman–Crippen LogP) is 0.587. The Morgan fingerprint density at radius 3 is 2.62 bits per heavy atom. The molecule has 0 spiro atoms. The van der Waals surface area contributed by atoms with Gasteiger partial charge >= 0.3 is 0 Å². The maximum Gasteiger partial charge on any atom is 0.242 e. The molecule has 0 radical (unpaired) electrons. The lowest BCUT2D eigenvalue weighted by Crippen LogP contribution is -2.47. The van der Waals surface area contributed by atoms with E-state index in [9.17, 15) is 8.42 Å². The summed E-state index contributed by atoms with van der Waals surface area (Å²) in [7, 11) is -3.30. The van der Waals surface area contributed by atoms with Crippen molar-refractivity contribution in [1.29, 1.82) is 0 Å². The lowest BCUT2D eigenvalue weighted by molar-refractivity contribution is 0.306. The molecule has 21 heavy (non-hydrogen) atoms. The summed E-state index contributed by atoms with van der Waals surface area (Å²) < 4.78 is 30.5. The smallest absolute Gasteiger partial charge is 0.242 e. The SMILES string of the molecule is CCCOc1ncnc(NCC(C)(C)NS(C)(=O)=O)c1N. The van der Waals surface area contributed by atoms with Gasteiger partial charge in [-0.1, -0.05) is 6.92 Å². The van der Waals surface area contributed by atoms with E-state index >= 15 is 0 Å². The second kappa shape index (κ2) is 6.90. The van der Waals surface area contributed by atoms with E-state index in [1.54, 1.807) is 13.8 Å². The Kier molecular flexibility index (Phi) is 5.73. The Bertz CT molecular complexity index is 574. The summed E-state index contributed by atoms with van der Waals surface area (Å²) in [6, 6.07) is 0. The Balaban J connectivity index is 2.75. The van der Waals surface area contributed by atoms with Crippen molar-refractivity contribution >= 4 is 21.5 Å². The molecule has 0 saturated heterocycles. The summed E-state index contributed by atoms with van der Waals surface area (Å²) in [4.78, 5) is 8.01. The first-order chi connectivity index (χ1) is 9.64. The Morgan fingerprint density at radius 2 is 2.05 bits per heavy atom. The number of rotatable bonds is 8. The van der Waals surface area contributed by atoms with Crippen LogP contribution in [0.1, 0.15) is 27.2 Å². The van der Waals surface area contributed by atoms with Crippen LogP contribution in [0.4, 0.5) is 11.5 Å². The molecular weight excluding hydrogens is 294 g/mol. The number of aromatic nitrogens is 2. The first-order valence-corrected chi connectivity index (χ1v) is 8.50. The number of hydrogen-bond donors (Lipinski definition) is 3. The van der Waals surface area contributed by atoms with Crippen LogP contribution in [0.25, 0.3) is 0 Å². The molecule has 0 saturated carbocycles. The minimum Gasteiger partial charge on any atom is -0.476 e. The summed E-state index contributed by atoms with van der Waals surface area (Å²) in [6.45, 7) is 6.33. The number of nitrogens with two attached hydrogens (primary N) is 1. The molecule has 1 heterocycles. The van der Waals surface area contributed by atoms with Crippen LogP contribution in [0.3, 0.4) is 0 Å². The van der Waals surface area contributed by atoms with Crippen molar-refractivity contribution < 1.29 is 13.2 Å². The van der Waals surface area contributed by atoms with E-state index in [-0.39, 0.29) is 0 Å². The van der Waals surface area contributed by atoms with Crippen molar-refractivity contribution in [2.75, 3.05) is 30.5 Å². The van der Waals surface area contributed by atoms with Crippen molar-refractivity contribution in [2.24, 2.45) is 0 Å². The standard InChI is InChI=1S/C12H23N5O3S/c1-5-6-20-11-9(13)10(15-8-16-11)14-7-12(2,3)17-21(4,18)19/h8,17H,5-7,13H2,1-4H3,(H,14,15,16). The van der Waals surface area contributed by atoms with Crippen LogP contribution < -0.4 is 20.5 Å². The third kappa shape index (κ3) is 6.13. The Morgan fingerprint density at radius 1 is 1.38 bits per heavy atom. The maximum absolute atomic E-state index is 11.3. The van der Waals surface area contributed by atoms with Gasteiger partial charge < -0.3 is 15.8 Å². The number of hydrogen-bond acceptors (Lipinski definition) is 7. The predicted molar refractivity (Wildman–Crippen MR) is 82.8 cm³/mol. The fourth-order valence-corrected chi connectivity index (χ4v) is 2.75. The van der Waals surface area contributed by atoms with Crippen molar-refractivity contribution in [2.45, 2.75) is 32.7 Å². The van der Waals surface area contributed by atoms with Gasteiger partial charge in [0.15, 0.2) is 5.82 Å². The zero-order valence-electron chi connectivity index (χ0n) is 12.8. The average Bonchev–Trinajstić information content (AvgIpc) is 2.33. The second-order valence-electron chi connectivity index (χ2n) is 5.40. The molecule has 0 fully saturated rings. The van der Waals surface area contributed by atoms with Crippen LogP contribution in [0.5, 0.6) is 5.88 Å². The summed E-state index contributed by atoms with van der Waals surface area (Å²) in [6.07, 6.45) is 3.31. The van der Waals surface area contributed by atoms with Gasteiger partial charge in [-0.3, -0.25) is 0 Å². The van der Waals surface area contributed by atoms with E-state index < -0.39 is 15.6 Å². The summed E-state index contributed by atoms with van der Waals surface area (Å²) in [5.41, 5.74) is 5.55. The van der Waals surface area contributed by atoms with Gasteiger partial charge in [0.2, 0.25) is 15.9 Å². The molecule has 0 atom stereocenters. The zero-order valence-corrected chi connectivity index (χ0v) is 13.6. The number of anilines is 2. The van der Waals surface area contributed by atoms with Gasteiger partial charge in [0.05, 0.1) is 12.9 Å². The monoisotopic (exact) mass is 317 g/mol. The third-order valence-electron chi connectivity index (χ3n) is 2.45. The van der Waals surface area contributed by atoms with Crippen LogP contribution in [0.15, 0.2) is 6.33 Å². The first kappa shape index (κ1) is 17.4. The zero-order chi connectivity index (χ0) is 16.1. The highest BCUT2D eigenvalue weighted by molar-refractivity contribution is 7.88. The van der Waals surface area contributed by atoms with Crippen LogP contribution in [-0.2, 0) is 10.0 Å². The van der Waals surface area contributed by atoms with Crippen molar-refractivity contribution in [1.82, 2.24) is 14.7 Å². The van der Waals surface area contributed by atoms with E-state index in [1.165, 1.54) is 6.33 Å². The van der Waals surface area contributed by atoms with Crippen LogP contribution in [0, 0.1) is 0 Å². The molecule has 0 amide bonds. The largest absolute Gasteiger partial charge is 0.476 e. The molecule has 0 bridgehead atoms. The van der Waals surface area contributed by atoms with E-state index in [0.717, 1.165) is 12.7 Å². The van der Waals surface area contributed by atoms with E-state index in [2.05, 4.69) is 20.0 Å². The van der Waals surface area contributed by atoms with Crippen molar-refractivity contribution in [3.05, 3.63) is 6.33 Å². The molecule has 1 aromatic heterocycles. The summed E-state index contributed by atoms with van der Waals surface area (Å²) in [5, 5.41) is 3.01. The molecular formula is C12H23N5O3S. The lowest BCUT2D eigenvalue weighted by atomic mass is 10.1. The van der Waals surface area contributed by atoms with Gasteiger partial charge in [0.25, 0.3) is 0 Å². The number of ether oxygens (including phenoxy) is 1. The molecule has 0 aliphatic heterocycles. The number of nitrogens with zero attached hydrogens (tertiary/aromatic N) is 2.